The number of aliphatic hydroxyl groups excluding tert-OH is 1. The van der Waals surface area contributed by atoms with Crippen molar-refractivity contribution in [2.75, 3.05) is 20.3 Å². The van der Waals surface area contributed by atoms with Crippen LogP contribution in [-0.4, -0.2) is 42.5 Å². The number of benzene rings is 1. The fraction of sp³-hybridized carbons (Fsp3) is 0.375. The molecular formula is C24H28N2O7. The van der Waals surface area contributed by atoms with Gasteiger partial charge in [0.05, 0.1) is 26.5 Å². The van der Waals surface area contributed by atoms with Crippen LogP contribution in [0.5, 0.6) is 0 Å². The lowest BCUT2D eigenvalue weighted by Gasteiger charge is -2.21. The second-order valence-corrected chi connectivity index (χ2v) is 7.41. The Morgan fingerprint density at radius 1 is 1.18 bits per heavy atom. The van der Waals surface area contributed by atoms with E-state index in [9.17, 15) is 14.7 Å². The van der Waals surface area contributed by atoms with E-state index in [4.69, 9.17) is 18.4 Å². The molecule has 0 spiro atoms. The first kappa shape index (κ1) is 24.2. The minimum Gasteiger partial charge on any atom is -0.468 e. The summed E-state index contributed by atoms with van der Waals surface area (Å²) >= 11 is 0. The molecule has 0 aliphatic heterocycles. The van der Waals surface area contributed by atoms with Crippen LogP contribution in [0, 0.1) is 5.92 Å². The molecule has 1 aromatic carbocycles. The Morgan fingerprint density at radius 2 is 1.97 bits per heavy atom. The second kappa shape index (κ2) is 12.0. The number of esters is 2. The van der Waals surface area contributed by atoms with Gasteiger partial charge in [-0.3, -0.25) is 4.79 Å². The molecule has 0 saturated carbocycles. The normalized spacial score (nSPS) is 12.8. The van der Waals surface area contributed by atoms with Crippen LogP contribution in [0.3, 0.4) is 0 Å². The summed E-state index contributed by atoms with van der Waals surface area (Å²) in [7, 11) is 1.22. The average Bonchev–Trinajstić information content (AvgIpc) is 3.52. The summed E-state index contributed by atoms with van der Waals surface area (Å²) in [5.74, 6) is -1.89. The van der Waals surface area contributed by atoms with Crippen LogP contribution in [0.4, 0.5) is 0 Å². The molecule has 0 fully saturated rings. The Bertz CT molecular complexity index is 1010. The van der Waals surface area contributed by atoms with Crippen molar-refractivity contribution in [3.63, 3.8) is 0 Å². The summed E-state index contributed by atoms with van der Waals surface area (Å²) in [4.78, 5) is 25.4. The van der Waals surface area contributed by atoms with Gasteiger partial charge in [-0.15, -0.1) is 0 Å². The van der Waals surface area contributed by atoms with E-state index in [1.54, 1.807) is 42.7 Å². The number of carbonyl (C=O) groups is 2. The summed E-state index contributed by atoms with van der Waals surface area (Å²) < 4.78 is 20.9. The molecule has 2 heterocycles. The molecule has 9 heteroatoms. The van der Waals surface area contributed by atoms with E-state index in [0.29, 0.717) is 24.3 Å². The van der Waals surface area contributed by atoms with Crippen molar-refractivity contribution in [2.45, 2.75) is 32.4 Å². The van der Waals surface area contributed by atoms with Gasteiger partial charge in [-0.1, -0.05) is 48.8 Å². The van der Waals surface area contributed by atoms with Crippen LogP contribution in [0.15, 0.2) is 57.7 Å². The molecule has 2 N–H and O–H groups in total. The zero-order chi connectivity index (χ0) is 23.6. The van der Waals surface area contributed by atoms with Crippen LogP contribution < -0.4 is 5.32 Å². The predicted molar refractivity (Wildman–Crippen MR) is 118 cm³/mol. The van der Waals surface area contributed by atoms with E-state index in [0.717, 1.165) is 6.42 Å². The number of hydrogen-bond acceptors (Lipinski definition) is 9. The third kappa shape index (κ3) is 6.09. The van der Waals surface area contributed by atoms with Crippen molar-refractivity contribution in [3.8, 4) is 11.3 Å². The van der Waals surface area contributed by atoms with Gasteiger partial charge in [0.15, 0.2) is 5.76 Å². The number of unbranched alkanes of at least 4 members (excludes halogenated alkanes) is 1. The Balaban J connectivity index is 1.88. The quantitative estimate of drug-likeness (QED) is 0.311. The molecule has 3 rings (SSSR count). The van der Waals surface area contributed by atoms with Crippen molar-refractivity contribution in [1.82, 2.24) is 10.5 Å². The van der Waals surface area contributed by atoms with Gasteiger partial charge < -0.3 is 28.8 Å². The van der Waals surface area contributed by atoms with Crippen molar-refractivity contribution >= 4 is 11.9 Å². The maximum Gasteiger partial charge on any atom is 0.343 e. The lowest BCUT2D eigenvalue weighted by Crippen LogP contribution is -2.34. The molecule has 2 aromatic heterocycles. The van der Waals surface area contributed by atoms with Crippen LogP contribution in [-0.2, 0) is 20.8 Å². The van der Waals surface area contributed by atoms with E-state index < -0.39 is 24.0 Å². The zero-order valence-corrected chi connectivity index (χ0v) is 18.7. The number of nitrogens with one attached hydrogen (secondary N) is 1. The summed E-state index contributed by atoms with van der Waals surface area (Å²) in [5, 5.41) is 18.2. The maximum atomic E-state index is 12.8. The van der Waals surface area contributed by atoms with E-state index in [2.05, 4.69) is 10.5 Å². The first-order valence-electron chi connectivity index (χ1n) is 10.8. The highest BCUT2D eigenvalue weighted by molar-refractivity contribution is 5.97. The molecule has 0 bridgehead atoms. The number of rotatable bonds is 12. The molecule has 2 atom stereocenters. The average molecular weight is 456 g/mol. The summed E-state index contributed by atoms with van der Waals surface area (Å²) in [5.41, 5.74) is 0.796. The topological polar surface area (TPSA) is 124 Å². The van der Waals surface area contributed by atoms with Crippen molar-refractivity contribution in [1.29, 1.82) is 0 Å². The molecule has 33 heavy (non-hydrogen) atoms. The van der Waals surface area contributed by atoms with E-state index in [1.807, 2.05) is 13.0 Å². The van der Waals surface area contributed by atoms with Crippen LogP contribution in [0.25, 0.3) is 11.3 Å². The Kier molecular flexibility index (Phi) is 8.79. The predicted octanol–water partition coefficient (Wildman–Crippen LogP) is 3.50. The molecule has 2 unspecified atom stereocenters. The molecule has 9 nitrogen and oxygen atoms in total. The number of carbonyl (C=O) groups excluding carboxylic acids is 2. The largest absolute Gasteiger partial charge is 0.468 e. The van der Waals surface area contributed by atoms with Crippen molar-refractivity contribution in [2.24, 2.45) is 5.92 Å². The van der Waals surface area contributed by atoms with Gasteiger partial charge in [-0.05, 0) is 18.6 Å². The standard InChI is InChI=1S/C24H28N2O7/c1-3-4-12-32-23(28)18(15-25-14-17-11-8-13-31-17)21(27)22-19(24(29)30-2)20(26-33-22)16-9-6-5-7-10-16/h5-11,13,18,21,25,27H,3-4,12,14-15H2,1-2H3. The molecule has 0 saturated heterocycles. The lowest BCUT2D eigenvalue weighted by molar-refractivity contribution is -0.153. The van der Waals surface area contributed by atoms with Crippen molar-refractivity contribution < 1.29 is 33.1 Å². The van der Waals surface area contributed by atoms with Crippen LogP contribution >= 0.6 is 0 Å². The number of ether oxygens (including phenoxy) is 2. The molecule has 0 radical (unpaired) electrons. The number of aliphatic hydroxyl groups is 1. The number of nitrogens with zero attached hydrogens (tertiary/aromatic N) is 1. The summed E-state index contributed by atoms with van der Waals surface area (Å²) in [6.45, 7) is 2.60. The van der Waals surface area contributed by atoms with Gasteiger partial charge in [-0.2, -0.15) is 0 Å². The molecule has 0 aliphatic rings. The highest BCUT2D eigenvalue weighted by Crippen LogP contribution is 2.33. The minimum atomic E-state index is -1.50. The number of aromatic nitrogens is 1. The maximum absolute atomic E-state index is 12.8. The highest BCUT2D eigenvalue weighted by atomic mass is 16.5. The van der Waals surface area contributed by atoms with Crippen LogP contribution in [0.2, 0.25) is 0 Å². The van der Waals surface area contributed by atoms with Gasteiger partial charge in [0.1, 0.15) is 29.0 Å². The van der Waals surface area contributed by atoms with E-state index in [1.165, 1.54) is 7.11 Å². The number of methoxy groups -OCH3 is 1. The van der Waals surface area contributed by atoms with E-state index >= 15 is 0 Å². The van der Waals surface area contributed by atoms with Gasteiger partial charge in [-0.25, -0.2) is 4.79 Å². The highest BCUT2D eigenvalue weighted by Gasteiger charge is 2.37. The molecular weight excluding hydrogens is 428 g/mol. The fourth-order valence-electron chi connectivity index (χ4n) is 3.29. The first-order valence-corrected chi connectivity index (χ1v) is 10.8. The minimum absolute atomic E-state index is 0.0337. The van der Waals surface area contributed by atoms with Gasteiger partial charge in [0, 0.05) is 12.1 Å². The third-order valence-electron chi connectivity index (χ3n) is 5.09. The molecule has 0 aliphatic carbocycles. The molecule has 0 amide bonds. The summed E-state index contributed by atoms with van der Waals surface area (Å²) in [6, 6.07) is 12.4. The van der Waals surface area contributed by atoms with Gasteiger partial charge in [0.2, 0.25) is 0 Å². The van der Waals surface area contributed by atoms with Crippen LogP contribution in [0.1, 0.15) is 47.7 Å². The Labute approximate surface area is 191 Å². The second-order valence-electron chi connectivity index (χ2n) is 7.41. The smallest absolute Gasteiger partial charge is 0.343 e. The monoisotopic (exact) mass is 456 g/mol. The van der Waals surface area contributed by atoms with E-state index in [-0.39, 0.29) is 30.2 Å². The third-order valence-corrected chi connectivity index (χ3v) is 5.09. The molecule has 176 valence electrons. The van der Waals surface area contributed by atoms with Crippen molar-refractivity contribution in [3.05, 3.63) is 65.8 Å². The fourth-order valence-corrected chi connectivity index (χ4v) is 3.29. The zero-order valence-electron chi connectivity index (χ0n) is 18.7. The van der Waals surface area contributed by atoms with Gasteiger partial charge >= 0.3 is 11.9 Å². The number of hydrogen-bond donors (Lipinski definition) is 2. The molecule has 3 aromatic rings. The summed E-state index contributed by atoms with van der Waals surface area (Å²) in [6.07, 6.45) is 1.60. The number of furan rings is 1. The first-order chi connectivity index (χ1) is 16.1. The lowest BCUT2D eigenvalue weighted by atomic mass is 9.95. The SMILES string of the molecule is CCCCOC(=O)C(CNCc1ccco1)C(O)c1onc(-c2ccccc2)c1C(=O)OC. The van der Waals surface area contributed by atoms with Gasteiger partial charge in [0.25, 0.3) is 0 Å². The Hall–Kier alpha value is -3.43. The Morgan fingerprint density at radius 3 is 2.64 bits per heavy atom.